The first-order valence-corrected chi connectivity index (χ1v) is 8.94. The quantitative estimate of drug-likeness (QED) is 0.507. The Hall–Kier alpha value is -2.41. The van der Waals surface area contributed by atoms with Crippen molar-refractivity contribution in [1.82, 2.24) is 0 Å². The average molecular weight is 350 g/mol. The number of aromatic nitrogens is 1. The third-order valence-electron chi connectivity index (χ3n) is 4.39. The minimum atomic E-state index is -2.23. The Morgan fingerprint density at radius 1 is 0.962 bits per heavy atom. The molecule has 0 saturated heterocycles. The lowest BCUT2D eigenvalue weighted by Gasteiger charge is -2.18. The van der Waals surface area contributed by atoms with Crippen molar-refractivity contribution in [1.29, 1.82) is 0 Å². The van der Waals surface area contributed by atoms with Gasteiger partial charge in [0.2, 0.25) is 5.69 Å². The molecule has 134 valence electrons. The molecule has 0 spiro atoms. The summed E-state index contributed by atoms with van der Waals surface area (Å²) in [5, 5.41) is 0. The zero-order valence-corrected chi connectivity index (χ0v) is 16.2. The van der Waals surface area contributed by atoms with Crippen molar-refractivity contribution in [2.24, 2.45) is 12.5 Å². The molecule has 0 bridgehead atoms. The van der Waals surface area contributed by atoms with Crippen LogP contribution >= 0.6 is 0 Å². The normalized spacial score (nSPS) is 15.5. The fourth-order valence-corrected chi connectivity index (χ4v) is 3.19. The summed E-state index contributed by atoms with van der Waals surface area (Å²) in [5.41, 5.74) is 4.45. The molecule has 0 N–H and O–H groups in total. The largest absolute Gasteiger partial charge is 0.212 e. The molecule has 0 amide bonds. The van der Waals surface area contributed by atoms with Crippen LogP contribution in [0.5, 0.6) is 0 Å². The molecule has 1 aromatic heterocycles. The van der Waals surface area contributed by atoms with Gasteiger partial charge in [-0.05, 0) is 59.4 Å². The molecule has 1 heteroatoms. The van der Waals surface area contributed by atoms with Gasteiger partial charge in [-0.2, -0.15) is 0 Å². The van der Waals surface area contributed by atoms with Crippen molar-refractivity contribution in [2.45, 2.75) is 40.9 Å². The Balaban J connectivity index is 2.28. The lowest BCUT2D eigenvalue weighted by molar-refractivity contribution is -0.660. The van der Waals surface area contributed by atoms with Gasteiger partial charge in [0.05, 0.1) is 0 Å². The van der Waals surface area contributed by atoms with Crippen LogP contribution < -0.4 is 4.57 Å². The van der Waals surface area contributed by atoms with Crippen LogP contribution in [0.2, 0.25) is 0 Å². The molecule has 0 radical (unpaired) electrons. The standard InChI is InChI=1S/C25H30N/c1-18-14-19(2)23(16-22(18)21-10-8-7-9-11-21)24-15-20(12-13-26(24)6)17-25(3,4)5/h7-16H,17H2,1-6H3/q+1/i1D3,17D2. The molecule has 0 fully saturated rings. The summed E-state index contributed by atoms with van der Waals surface area (Å²) in [6.45, 7) is 5.35. The van der Waals surface area contributed by atoms with Gasteiger partial charge in [0.15, 0.2) is 6.20 Å². The van der Waals surface area contributed by atoms with Crippen LogP contribution in [0.25, 0.3) is 22.4 Å². The average Bonchev–Trinajstić information content (AvgIpc) is 2.67. The van der Waals surface area contributed by atoms with Crippen molar-refractivity contribution < 1.29 is 11.4 Å². The fourth-order valence-electron chi connectivity index (χ4n) is 3.19. The summed E-state index contributed by atoms with van der Waals surface area (Å²) in [4.78, 5) is 0. The Morgan fingerprint density at radius 2 is 1.69 bits per heavy atom. The number of pyridine rings is 1. The van der Waals surface area contributed by atoms with E-state index in [2.05, 4.69) is 0 Å². The molecular formula is C25H30N+. The van der Waals surface area contributed by atoms with E-state index < -0.39 is 18.6 Å². The van der Waals surface area contributed by atoms with Gasteiger partial charge < -0.3 is 0 Å². The van der Waals surface area contributed by atoms with Gasteiger partial charge in [-0.25, -0.2) is 4.57 Å². The number of rotatable bonds is 3. The van der Waals surface area contributed by atoms with Gasteiger partial charge in [0.25, 0.3) is 0 Å². The Kier molecular flexibility index (Phi) is 3.50. The molecule has 0 unspecified atom stereocenters. The van der Waals surface area contributed by atoms with E-state index >= 15 is 0 Å². The number of nitrogens with zero attached hydrogens (tertiary/aromatic N) is 1. The monoisotopic (exact) mass is 349 g/mol. The Bertz CT molecular complexity index is 1090. The second-order valence-corrected chi connectivity index (χ2v) is 7.87. The van der Waals surface area contributed by atoms with Crippen LogP contribution in [0.15, 0.2) is 60.8 Å². The second kappa shape index (κ2) is 7.07. The van der Waals surface area contributed by atoms with Crippen LogP contribution in [-0.2, 0) is 13.4 Å². The first kappa shape index (κ1) is 12.9. The molecule has 0 aliphatic rings. The molecule has 0 saturated carbocycles. The van der Waals surface area contributed by atoms with E-state index in [9.17, 15) is 0 Å². The predicted octanol–water partition coefficient (Wildman–Crippen LogP) is 6.05. The zero-order valence-electron chi connectivity index (χ0n) is 21.2. The van der Waals surface area contributed by atoms with Crippen LogP contribution in [0.1, 0.15) is 44.3 Å². The third-order valence-corrected chi connectivity index (χ3v) is 4.39. The highest BCUT2D eigenvalue weighted by atomic mass is 14.9. The molecule has 1 nitrogen and oxygen atoms in total. The van der Waals surface area contributed by atoms with E-state index in [0.29, 0.717) is 16.7 Å². The summed E-state index contributed by atoms with van der Waals surface area (Å²) in [5.74, 6) is 0. The first-order chi connectivity index (χ1) is 14.2. The maximum atomic E-state index is 8.68. The van der Waals surface area contributed by atoms with Crippen LogP contribution in [0.3, 0.4) is 0 Å². The predicted molar refractivity (Wildman–Crippen MR) is 111 cm³/mol. The highest BCUT2D eigenvalue weighted by molar-refractivity contribution is 5.75. The molecule has 2 aromatic carbocycles. The smallest absolute Gasteiger partial charge is 0.201 e. The van der Waals surface area contributed by atoms with Crippen molar-refractivity contribution in [2.75, 3.05) is 0 Å². The molecule has 0 atom stereocenters. The van der Waals surface area contributed by atoms with Gasteiger partial charge in [0.1, 0.15) is 7.05 Å². The fraction of sp³-hybridized carbons (Fsp3) is 0.320. The van der Waals surface area contributed by atoms with Crippen molar-refractivity contribution >= 4 is 0 Å². The summed E-state index contributed by atoms with van der Waals surface area (Å²) >= 11 is 0. The lowest BCUT2D eigenvalue weighted by Crippen LogP contribution is -2.31. The number of hydrogen-bond donors (Lipinski definition) is 0. The van der Waals surface area contributed by atoms with E-state index in [1.807, 2.05) is 94.0 Å². The van der Waals surface area contributed by atoms with E-state index in [-0.39, 0.29) is 0 Å². The molecule has 26 heavy (non-hydrogen) atoms. The van der Waals surface area contributed by atoms with E-state index in [1.54, 1.807) is 6.07 Å². The minimum absolute atomic E-state index is 0.323. The molecule has 0 aliphatic heterocycles. The Labute approximate surface area is 165 Å². The molecule has 1 heterocycles. The highest BCUT2D eigenvalue weighted by Gasteiger charge is 2.18. The van der Waals surface area contributed by atoms with E-state index in [4.69, 9.17) is 6.85 Å². The summed E-state index contributed by atoms with van der Waals surface area (Å²) in [7, 11) is 1.92. The second-order valence-electron chi connectivity index (χ2n) is 7.87. The number of aryl methyl sites for hydroxylation is 3. The summed E-state index contributed by atoms with van der Waals surface area (Å²) in [6.07, 6.45) is 0.346. The SMILES string of the molecule is [2H]C([2H])([2H])c1cc(C)c(-c2cc(C([2H])([2H])C(C)(C)C)cc[n+]2C)cc1-c1ccccc1. The van der Waals surface area contributed by atoms with E-state index in [0.717, 1.165) is 22.4 Å². The van der Waals surface area contributed by atoms with E-state index in [1.165, 1.54) is 0 Å². The Morgan fingerprint density at radius 3 is 2.35 bits per heavy atom. The molecule has 3 rings (SSSR count). The summed E-state index contributed by atoms with van der Waals surface area (Å²) in [6, 6.07) is 16.9. The number of benzene rings is 2. The maximum Gasteiger partial charge on any atom is 0.212 e. The molecular weight excluding hydrogens is 314 g/mol. The molecule has 3 aromatic rings. The maximum absolute atomic E-state index is 8.68. The van der Waals surface area contributed by atoms with Crippen molar-refractivity contribution in [3.8, 4) is 22.4 Å². The van der Waals surface area contributed by atoms with Crippen LogP contribution in [-0.4, -0.2) is 0 Å². The van der Waals surface area contributed by atoms with Gasteiger partial charge in [-0.3, -0.25) is 0 Å². The van der Waals surface area contributed by atoms with Gasteiger partial charge in [-0.1, -0.05) is 57.2 Å². The van der Waals surface area contributed by atoms with Crippen LogP contribution in [0, 0.1) is 19.2 Å². The third kappa shape index (κ3) is 4.04. The lowest BCUT2D eigenvalue weighted by atomic mass is 9.87. The van der Waals surface area contributed by atoms with Crippen molar-refractivity contribution in [3.05, 3.63) is 77.5 Å². The van der Waals surface area contributed by atoms with Gasteiger partial charge >= 0.3 is 0 Å². The zero-order chi connectivity index (χ0) is 23.2. The topological polar surface area (TPSA) is 3.88 Å². The highest BCUT2D eigenvalue weighted by Crippen LogP contribution is 2.31. The van der Waals surface area contributed by atoms with Gasteiger partial charge in [-0.15, -0.1) is 0 Å². The summed E-state index contributed by atoms with van der Waals surface area (Å²) < 4.78 is 43.4. The first-order valence-electron chi connectivity index (χ1n) is 11.4. The van der Waals surface area contributed by atoms with Crippen molar-refractivity contribution in [3.63, 3.8) is 0 Å². The minimum Gasteiger partial charge on any atom is -0.201 e. The van der Waals surface area contributed by atoms with Gasteiger partial charge in [0, 0.05) is 24.5 Å². The molecule has 0 aliphatic carbocycles. The van der Waals surface area contributed by atoms with Crippen LogP contribution in [0.4, 0.5) is 0 Å². The number of hydrogen-bond acceptors (Lipinski definition) is 0.